The molecule has 2 heterocycles. The molecule has 0 unspecified atom stereocenters. The first-order valence-electron chi connectivity index (χ1n) is 15.5. The van der Waals surface area contributed by atoms with Gasteiger partial charge in [0.1, 0.15) is 5.60 Å². The van der Waals surface area contributed by atoms with E-state index in [9.17, 15) is 14.4 Å². The number of benzene rings is 4. The summed E-state index contributed by atoms with van der Waals surface area (Å²) >= 11 is 0. The summed E-state index contributed by atoms with van der Waals surface area (Å²) in [5.74, 6) is -0.0986. The summed E-state index contributed by atoms with van der Waals surface area (Å²) in [5, 5.41) is 2.72. The van der Waals surface area contributed by atoms with E-state index in [0.29, 0.717) is 35.6 Å². The second kappa shape index (κ2) is 13.8. The van der Waals surface area contributed by atoms with Gasteiger partial charge in [0.2, 0.25) is 0 Å². The summed E-state index contributed by atoms with van der Waals surface area (Å²) in [7, 11) is 3.55. The fraction of sp³-hybridized carbons (Fsp3) is 0.205. The molecule has 0 radical (unpaired) electrons. The third-order valence-corrected chi connectivity index (χ3v) is 7.79. The number of nitrogen functional groups attached to an aromatic ring is 1. The van der Waals surface area contributed by atoms with Crippen LogP contribution in [-0.2, 0) is 17.8 Å². The third-order valence-electron chi connectivity index (χ3n) is 7.79. The molecule has 4 aromatic carbocycles. The standard InChI is InChI=1S/C22H24N2O3.C17H16N2O/c1-22(2,3)27-21(26)23-18-13-12-16(11-10-15-8-6-5-7-9-15)17-14-24(4)20(25)19(17)18;1-19-11-14-13(8-7-12-5-3-2-4-6-12)9-10-15(18)16(14)17(19)20/h5-13H,14H2,1-4H3,(H,23,26);2-10H,11,18H2,1H3. The van der Waals surface area contributed by atoms with Gasteiger partial charge in [-0.3, -0.25) is 14.9 Å². The van der Waals surface area contributed by atoms with Crippen LogP contribution in [0.5, 0.6) is 0 Å². The van der Waals surface area contributed by atoms with Gasteiger partial charge in [0.15, 0.2) is 0 Å². The van der Waals surface area contributed by atoms with E-state index in [1.807, 2.05) is 91.0 Å². The quantitative estimate of drug-likeness (QED) is 0.173. The van der Waals surface area contributed by atoms with Crippen LogP contribution in [0.1, 0.15) is 74.9 Å². The normalized spacial score (nSPS) is 13.9. The number of hydrogen-bond donors (Lipinski definition) is 2. The highest BCUT2D eigenvalue weighted by Crippen LogP contribution is 2.33. The van der Waals surface area contributed by atoms with Gasteiger partial charge in [-0.15, -0.1) is 0 Å². The molecule has 0 atom stereocenters. The Morgan fingerprint density at radius 1 is 0.702 bits per heavy atom. The van der Waals surface area contributed by atoms with Gasteiger partial charge in [0.05, 0.1) is 16.8 Å². The van der Waals surface area contributed by atoms with Crippen molar-refractivity contribution in [1.82, 2.24) is 9.80 Å². The molecule has 8 nitrogen and oxygen atoms in total. The summed E-state index contributed by atoms with van der Waals surface area (Å²) < 4.78 is 5.31. The molecule has 3 N–H and O–H groups in total. The average molecular weight is 629 g/mol. The number of carbonyl (C=O) groups is 3. The molecule has 0 saturated heterocycles. The Balaban J connectivity index is 0.000000193. The maximum atomic E-state index is 12.6. The van der Waals surface area contributed by atoms with Crippen molar-refractivity contribution in [3.05, 3.63) is 129 Å². The lowest BCUT2D eigenvalue weighted by atomic mass is 10.00. The molecule has 4 aromatic rings. The molecule has 0 aromatic heterocycles. The Hall–Kier alpha value is -5.63. The van der Waals surface area contributed by atoms with E-state index in [1.165, 1.54) is 0 Å². The fourth-order valence-electron chi connectivity index (χ4n) is 5.51. The molecule has 0 fully saturated rings. The molecule has 2 aliphatic rings. The van der Waals surface area contributed by atoms with Crippen molar-refractivity contribution < 1.29 is 19.1 Å². The van der Waals surface area contributed by atoms with E-state index in [-0.39, 0.29) is 11.8 Å². The summed E-state index contributed by atoms with van der Waals surface area (Å²) in [5.41, 5.74) is 13.7. The molecule has 0 bridgehead atoms. The molecule has 0 spiro atoms. The average Bonchev–Trinajstić information content (AvgIpc) is 3.51. The lowest BCUT2D eigenvalue weighted by Crippen LogP contribution is -2.28. The number of hydrogen-bond acceptors (Lipinski definition) is 5. The van der Waals surface area contributed by atoms with E-state index in [4.69, 9.17) is 10.5 Å². The maximum Gasteiger partial charge on any atom is 0.412 e. The van der Waals surface area contributed by atoms with Crippen LogP contribution in [0.2, 0.25) is 0 Å². The van der Waals surface area contributed by atoms with Crippen LogP contribution >= 0.6 is 0 Å². The molecular weight excluding hydrogens is 588 g/mol. The van der Waals surface area contributed by atoms with Gasteiger partial charge >= 0.3 is 6.09 Å². The summed E-state index contributed by atoms with van der Waals surface area (Å²) in [6.07, 6.45) is 7.53. The zero-order valence-electron chi connectivity index (χ0n) is 27.4. The van der Waals surface area contributed by atoms with Crippen molar-refractivity contribution in [3.63, 3.8) is 0 Å². The van der Waals surface area contributed by atoms with Gasteiger partial charge in [0.25, 0.3) is 11.8 Å². The predicted molar refractivity (Wildman–Crippen MR) is 189 cm³/mol. The molecule has 47 heavy (non-hydrogen) atoms. The molecule has 8 heteroatoms. The molecule has 3 amide bonds. The van der Waals surface area contributed by atoms with Crippen molar-refractivity contribution in [1.29, 1.82) is 0 Å². The van der Waals surface area contributed by atoms with Gasteiger partial charge in [-0.1, -0.05) is 97.1 Å². The Morgan fingerprint density at radius 3 is 1.68 bits per heavy atom. The minimum atomic E-state index is -0.605. The van der Waals surface area contributed by atoms with Gasteiger partial charge in [-0.25, -0.2) is 4.79 Å². The van der Waals surface area contributed by atoms with Crippen molar-refractivity contribution in [2.24, 2.45) is 0 Å². The van der Waals surface area contributed by atoms with Crippen molar-refractivity contribution in [3.8, 4) is 0 Å². The zero-order valence-corrected chi connectivity index (χ0v) is 27.4. The second-order valence-corrected chi connectivity index (χ2v) is 12.6. The van der Waals surface area contributed by atoms with Crippen LogP contribution in [0.25, 0.3) is 24.3 Å². The Labute approximate surface area is 276 Å². The second-order valence-electron chi connectivity index (χ2n) is 12.6. The van der Waals surface area contributed by atoms with E-state index in [0.717, 1.165) is 33.4 Å². The van der Waals surface area contributed by atoms with Gasteiger partial charge in [-0.05, 0) is 66.3 Å². The molecule has 6 rings (SSSR count). The topological polar surface area (TPSA) is 105 Å². The first kappa shape index (κ1) is 32.8. The first-order valence-corrected chi connectivity index (χ1v) is 15.5. The molecular formula is C39H40N4O4. The number of fused-ring (bicyclic) bond motifs is 2. The molecule has 0 saturated carbocycles. The SMILES string of the molecule is CN1Cc2c(C=Cc3ccccc3)ccc(N)c2C1=O.CN1Cc2c(C=Cc3ccccc3)ccc(NC(=O)OC(C)(C)C)c2C1=O. The number of nitrogens with zero attached hydrogens (tertiary/aromatic N) is 2. The lowest BCUT2D eigenvalue weighted by Gasteiger charge is -2.20. The highest BCUT2D eigenvalue weighted by molar-refractivity contribution is 6.07. The Kier molecular flexibility index (Phi) is 9.61. The summed E-state index contributed by atoms with van der Waals surface area (Å²) in [6.45, 7) is 6.52. The van der Waals surface area contributed by atoms with Crippen molar-refractivity contribution >= 4 is 53.6 Å². The number of amides is 3. The van der Waals surface area contributed by atoms with Gasteiger partial charge in [0, 0.05) is 32.9 Å². The van der Waals surface area contributed by atoms with E-state index in [2.05, 4.69) is 11.4 Å². The summed E-state index contributed by atoms with van der Waals surface area (Å²) in [6, 6.07) is 27.5. The fourth-order valence-corrected chi connectivity index (χ4v) is 5.51. The number of anilines is 2. The lowest BCUT2D eigenvalue weighted by molar-refractivity contribution is 0.0635. The minimum Gasteiger partial charge on any atom is -0.444 e. The minimum absolute atomic E-state index is 0.00691. The smallest absolute Gasteiger partial charge is 0.412 e. The Morgan fingerprint density at radius 2 is 1.17 bits per heavy atom. The van der Waals surface area contributed by atoms with Crippen molar-refractivity contribution in [2.75, 3.05) is 25.1 Å². The van der Waals surface area contributed by atoms with Crippen LogP contribution in [0.4, 0.5) is 16.2 Å². The van der Waals surface area contributed by atoms with Gasteiger partial charge < -0.3 is 20.3 Å². The van der Waals surface area contributed by atoms with Crippen LogP contribution in [-0.4, -0.2) is 47.4 Å². The van der Waals surface area contributed by atoms with E-state index in [1.54, 1.807) is 56.8 Å². The largest absolute Gasteiger partial charge is 0.444 e. The number of ether oxygens (including phenoxy) is 1. The molecule has 240 valence electrons. The maximum absolute atomic E-state index is 12.6. The van der Waals surface area contributed by atoms with E-state index < -0.39 is 11.7 Å². The molecule has 0 aliphatic carbocycles. The zero-order chi connectivity index (χ0) is 33.7. The number of carbonyl (C=O) groups excluding carboxylic acids is 3. The number of nitrogens with one attached hydrogen (secondary N) is 1. The first-order chi connectivity index (χ1) is 22.4. The number of rotatable bonds is 5. The highest BCUT2D eigenvalue weighted by atomic mass is 16.6. The van der Waals surface area contributed by atoms with E-state index >= 15 is 0 Å². The monoisotopic (exact) mass is 628 g/mol. The van der Waals surface area contributed by atoms with Gasteiger partial charge in [-0.2, -0.15) is 0 Å². The van der Waals surface area contributed by atoms with Crippen LogP contribution in [0.3, 0.4) is 0 Å². The van der Waals surface area contributed by atoms with Crippen molar-refractivity contribution in [2.45, 2.75) is 39.5 Å². The van der Waals surface area contributed by atoms with Crippen LogP contribution in [0.15, 0.2) is 84.9 Å². The van der Waals surface area contributed by atoms with Crippen LogP contribution in [0, 0.1) is 0 Å². The Bertz CT molecular complexity index is 1860. The van der Waals surface area contributed by atoms with Crippen LogP contribution < -0.4 is 11.1 Å². The molecule has 2 aliphatic heterocycles. The summed E-state index contributed by atoms with van der Waals surface area (Å²) in [4.78, 5) is 40.2. The predicted octanol–water partition coefficient (Wildman–Crippen LogP) is 7.81. The third kappa shape index (κ3) is 7.79. The number of nitrogens with two attached hydrogens (primary N) is 1. The highest BCUT2D eigenvalue weighted by Gasteiger charge is 2.31.